The van der Waals surface area contributed by atoms with Crippen molar-refractivity contribution in [3.05, 3.63) is 0 Å². The molecule has 2 fully saturated rings. The Morgan fingerprint density at radius 2 is 1.09 bits per heavy atom. The van der Waals surface area contributed by atoms with Crippen LogP contribution in [0.3, 0.4) is 0 Å². The van der Waals surface area contributed by atoms with Crippen molar-refractivity contribution >= 4 is 0 Å². The number of rotatable bonds is 1. The van der Waals surface area contributed by atoms with E-state index in [0.717, 1.165) is 17.8 Å². The molecule has 1 heteroatoms. The summed E-state index contributed by atoms with van der Waals surface area (Å²) in [5, 5.41) is 11.1. The molecule has 138 valence electrons. The van der Waals surface area contributed by atoms with E-state index in [9.17, 15) is 5.11 Å². The van der Waals surface area contributed by atoms with Gasteiger partial charge in [-0.2, -0.15) is 0 Å². The molecular formula is C22H44O. The van der Waals surface area contributed by atoms with Crippen LogP contribution in [0.15, 0.2) is 0 Å². The van der Waals surface area contributed by atoms with E-state index >= 15 is 0 Å². The van der Waals surface area contributed by atoms with Gasteiger partial charge >= 0.3 is 0 Å². The van der Waals surface area contributed by atoms with E-state index in [1.807, 2.05) is 0 Å². The first-order valence-corrected chi connectivity index (χ1v) is 9.68. The molecule has 0 aromatic rings. The van der Waals surface area contributed by atoms with Gasteiger partial charge in [-0.15, -0.1) is 0 Å². The van der Waals surface area contributed by atoms with Gasteiger partial charge in [0, 0.05) is 0 Å². The lowest BCUT2D eigenvalue weighted by Crippen LogP contribution is -2.49. The lowest BCUT2D eigenvalue weighted by molar-refractivity contribution is -0.0946. The van der Waals surface area contributed by atoms with Gasteiger partial charge in [0.25, 0.3) is 0 Å². The summed E-state index contributed by atoms with van der Waals surface area (Å²) in [6.45, 7) is 16.4. The second kappa shape index (κ2) is 7.46. The monoisotopic (exact) mass is 324 g/mol. The Bertz CT molecular complexity index is 327. The first kappa shape index (κ1) is 21.0. The zero-order valence-electron chi connectivity index (χ0n) is 16.2. The molecule has 0 aliphatic heterocycles. The SMILES string of the molecule is C.CC1CCC(C2CC(C(C)(C)C)C(O)C(C(C)(C)C)C2)CC1. The van der Waals surface area contributed by atoms with Gasteiger partial charge in [-0.1, -0.05) is 68.7 Å². The molecule has 2 saturated carbocycles. The normalized spacial score (nSPS) is 39.7. The van der Waals surface area contributed by atoms with Crippen molar-refractivity contribution < 1.29 is 5.11 Å². The van der Waals surface area contributed by atoms with Crippen LogP contribution in [0.5, 0.6) is 0 Å². The Morgan fingerprint density at radius 1 is 0.696 bits per heavy atom. The van der Waals surface area contributed by atoms with Crippen molar-refractivity contribution in [3.63, 3.8) is 0 Å². The summed E-state index contributed by atoms with van der Waals surface area (Å²) in [6, 6.07) is 0. The molecule has 0 saturated heterocycles. The molecule has 1 nitrogen and oxygen atoms in total. The maximum Gasteiger partial charge on any atom is 0.0606 e. The van der Waals surface area contributed by atoms with E-state index in [-0.39, 0.29) is 24.4 Å². The third-order valence-corrected chi connectivity index (χ3v) is 6.89. The van der Waals surface area contributed by atoms with E-state index < -0.39 is 0 Å². The Hall–Kier alpha value is -0.0400. The maximum absolute atomic E-state index is 11.1. The van der Waals surface area contributed by atoms with Gasteiger partial charge < -0.3 is 5.11 Å². The second-order valence-corrected chi connectivity index (χ2v) is 10.7. The molecule has 0 spiro atoms. The van der Waals surface area contributed by atoms with Crippen LogP contribution in [-0.2, 0) is 0 Å². The third-order valence-electron chi connectivity index (χ3n) is 6.89. The Kier molecular flexibility index (Phi) is 6.81. The van der Waals surface area contributed by atoms with Crippen LogP contribution >= 0.6 is 0 Å². The number of hydrogen-bond donors (Lipinski definition) is 1. The topological polar surface area (TPSA) is 20.2 Å². The van der Waals surface area contributed by atoms with Gasteiger partial charge in [-0.05, 0) is 66.1 Å². The van der Waals surface area contributed by atoms with Crippen LogP contribution in [0.2, 0.25) is 0 Å². The van der Waals surface area contributed by atoms with E-state index in [2.05, 4.69) is 48.5 Å². The number of aliphatic hydroxyl groups is 1. The van der Waals surface area contributed by atoms with Gasteiger partial charge in [0.15, 0.2) is 0 Å². The summed E-state index contributed by atoms with van der Waals surface area (Å²) >= 11 is 0. The summed E-state index contributed by atoms with van der Waals surface area (Å²) in [5.41, 5.74) is 0.424. The van der Waals surface area contributed by atoms with E-state index in [1.54, 1.807) is 0 Å². The van der Waals surface area contributed by atoms with Crippen molar-refractivity contribution in [2.45, 2.75) is 101 Å². The highest BCUT2D eigenvalue weighted by molar-refractivity contribution is 4.97. The minimum Gasteiger partial charge on any atom is -0.393 e. The zero-order chi connectivity index (χ0) is 16.7. The van der Waals surface area contributed by atoms with Gasteiger partial charge in [0.1, 0.15) is 0 Å². The minimum absolute atomic E-state index is 0. The lowest BCUT2D eigenvalue weighted by Gasteiger charge is -2.51. The van der Waals surface area contributed by atoms with Crippen molar-refractivity contribution in [3.8, 4) is 0 Å². The maximum atomic E-state index is 11.1. The first-order valence-electron chi connectivity index (χ1n) is 9.68. The molecule has 2 atom stereocenters. The van der Waals surface area contributed by atoms with Gasteiger partial charge in [0.05, 0.1) is 6.10 Å². The van der Waals surface area contributed by atoms with Gasteiger partial charge in [0.2, 0.25) is 0 Å². The summed E-state index contributed by atoms with van der Waals surface area (Å²) < 4.78 is 0. The quantitative estimate of drug-likeness (QED) is 0.580. The molecule has 0 amide bonds. The smallest absolute Gasteiger partial charge is 0.0606 e. The van der Waals surface area contributed by atoms with E-state index in [4.69, 9.17) is 0 Å². The molecule has 2 aliphatic carbocycles. The fourth-order valence-electron chi connectivity index (χ4n) is 5.18. The Balaban J connectivity index is 0.00000264. The molecule has 0 bridgehead atoms. The summed E-state index contributed by atoms with van der Waals surface area (Å²) in [7, 11) is 0. The Labute approximate surface area is 146 Å². The Morgan fingerprint density at radius 3 is 1.43 bits per heavy atom. The van der Waals surface area contributed by atoms with Crippen LogP contribution < -0.4 is 0 Å². The molecule has 0 heterocycles. The highest BCUT2D eigenvalue weighted by Crippen LogP contribution is 2.52. The summed E-state index contributed by atoms with van der Waals surface area (Å²) in [4.78, 5) is 0. The highest BCUT2D eigenvalue weighted by Gasteiger charge is 2.47. The average Bonchev–Trinajstić information content (AvgIpc) is 2.37. The second-order valence-electron chi connectivity index (χ2n) is 10.7. The predicted molar refractivity (Wildman–Crippen MR) is 102 cm³/mol. The van der Waals surface area contributed by atoms with E-state index in [1.165, 1.54) is 38.5 Å². The molecular weight excluding hydrogens is 280 g/mol. The first-order chi connectivity index (χ1) is 10.00. The van der Waals surface area contributed by atoms with Crippen molar-refractivity contribution in [1.29, 1.82) is 0 Å². The van der Waals surface area contributed by atoms with Gasteiger partial charge in [-0.25, -0.2) is 0 Å². The largest absolute Gasteiger partial charge is 0.393 e. The number of aliphatic hydroxyl groups excluding tert-OH is 1. The molecule has 1 N–H and O–H groups in total. The van der Waals surface area contributed by atoms with E-state index in [0.29, 0.717) is 11.8 Å². The lowest BCUT2D eigenvalue weighted by atomic mass is 9.56. The zero-order valence-corrected chi connectivity index (χ0v) is 16.2. The molecule has 2 rings (SSSR count). The molecule has 0 aromatic carbocycles. The van der Waals surface area contributed by atoms with Crippen LogP contribution in [-0.4, -0.2) is 11.2 Å². The fourth-order valence-corrected chi connectivity index (χ4v) is 5.18. The summed E-state index contributed by atoms with van der Waals surface area (Å²) in [6.07, 6.45) is 8.06. The number of hydrogen-bond acceptors (Lipinski definition) is 1. The predicted octanol–water partition coefficient (Wildman–Crippen LogP) is 6.54. The van der Waals surface area contributed by atoms with Crippen LogP contribution in [0.1, 0.15) is 94.4 Å². The molecule has 23 heavy (non-hydrogen) atoms. The molecule has 2 aliphatic rings. The molecule has 2 unspecified atom stereocenters. The average molecular weight is 325 g/mol. The van der Waals surface area contributed by atoms with Crippen molar-refractivity contribution in [1.82, 2.24) is 0 Å². The highest BCUT2D eigenvalue weighted by atomic mass is 16.3. The third kappa shape index (κ3) is 4.97. The fraction of sp³-hybridized carbons (Fsp3) is 1.00. The van der Waals surface area contributed by atoms with Crippen LogP contribution in [0.4, 0.5) is 0 Å². The minimum atomic E-state index is -0.126. The standard InChI is InChI=1S/C21H40O.CH4/c1-14-8-10-15(11-9-14)16-12-17(20(2,3)4)19(22)18(13-16)21(5,6)7;/h14-19,22H,8-13H2,1-7H3;1H4. The molecule has 0 radical (unpaired) electrons. The van der Waals surface area contributed by atoms with Crippen molar-refractivity contribution in [2.24, 2.45) is 40.4 Å². The molecule has 0 aromatic heterocycles. The van der Waals surface area contributed by atoms with Crippen LogP contribution in [0, 0.1) is 40.4 Å². The van der Waals surface area contributed by atoms with Crippen molar-refractivity contribution in [2.75, 3.05) is 0 Å². The van der Waals surface area contributed by atoms with Crippen LogP contribution in [0.25, 0.3) is 0 Å². The van der Waals surface area contributed by atoms with Gasteiger partial charge in [-0.3, -0.25) is 0 Å². The summed E-state index contributed by atoms with van der Waals surface area (Å²) in [5.74, 6) is 3.59.